The quantitative estimate of drug-likeness (QED) is 0.574. The molecule has 1 N–H and O–H groups in total. The maximum Gasteiger partial charge on any atom is 0.240 e. The van der Waals surface area contributed by atoms with Gasteiger partial charge < -0.3 is 14.8 Å². The third-order valence-electron chi connectivity index (χ3n) is 4.25. The Morgan fingerprint density at radius 2 is 1.79 bits per heavy atom. The van der Waals surface area contributed by atoms with E-state index in [9.17, 15) is 13.2 Å². The summed E-state index contributed by atoms with van der Waals surface area (Å²) in [6.07, 6.45) is 2.47. The van der Waals surface area contributed by atoms with E-state index in [0.717, 1.165) is 28.3 Å². The number of nitrogens with zero attached hydrogens (tertiary/aromatic N) is 1. The van der Waals surface area contributed by atoms with E-state index < -0.39 is 15.9 Å². The number of rotatable bonds is 10. The fourth-order valence-electron chi connectivity index (χ4n) is 2.81. The van der Waals surface area contributed by atoms with Crippen molar-refractivity contribution in [3.63, 3.8) is 0 Å². The van der Waals surface area contributed by atoms with E-state index >= 15 is 0 Å². The Labute approximate surface area is 176 Å². The smallest absolute Gasteiger partial charge is 0.240 e. The summed E-state index contributed by atoms with van der Waals surface area (Å²) in [6, 6.07) is 12.2. The van der Waals surface area contributed by atoms with Gasteiger partial charge >= 0.3 is 0 Å². The maximum absolute atomic E-state index is 12.3. The molecule has 0 saturated heterocycles. The van der Waals surface area contributed by atoms with Gasteiger partial charge in [0.05, 0.1) is 31.2 Å². The summed E-state index contributed by atoms with van der Waals surface area (Å²) < 4.78 is 35.7. The van der Waals surface area contributed by atoms with Gasteiger partial charge in [-0.2, -0.15) is 0 Å². The Morgan fingerprint density at radius 1 is 1.10 bits per heavy atom. The number of hydrogen-bond acceptors (Lipinski definition) is 5. The maximum atomic E-state index is 12.3. The molecule has 0 aromatic heterocycles. The van der Waals surface area contributed by atoms with Crippen molar-refractivity contribution in [1.29, 1.82) is 0 Å². The molecule has 29 heavy (non-hydrogen) atoms. The van der Waals surface area contributed by atoms with Gasteiger partial charge in [-0.05, 0) is 42.7 Å². The highest BCUT2D eigenvalue weighted by Crippen LogP contribution is 2.30. The first-order valence-corrected chi connectivity index (χ1v) is 11.2. The Balaban J connectivity index is 1.96. The lowest BCUT2D eigenvalue weighted by atomic mass is 10.1. The van der Waals surface area contributed by atoms with Crippen LogP contribution in [-0.2, 0) is 21.2 Å². The highest BCUT2D eigenvalue weighted by molar-refractivity contribution is 7.92. The molecule has 9 heteroatoms. The second-order valence-electron chi connectivity index (χ2n) is 6.35. The van der Waals surface area contributed by atoms with Crippen molar-refractivity contribution in [2.75, 3.05) is 37.9 Å². The van der Waals surface area contributed by atoms with Gasteiger partial charge in [-0.1, -0.05) is 29.8 Å². The number of hydrogen-bond donors (Lipinski definition) is 1. The molecule has 2 rings (SSSR count). The van der Waals surface area contributed by atoms with Crippen molar-refractivity contribution < 1.29 is 22.7 Å². The van der Waals surface area contributed by atoms with E-state index in [1.54, 1.807) is 19.2 Å². The number of carbonyl (C=O) groups excluding carboxylic acids is 1. The van der Waals surface area contributed by atoms with Crippen LogP contribution in [0.1, 0.15) is 12.0 Å². The summed E-state index contributed by atoms with van der Waals surface area (Å²) in [5.41, 5.74) is 1.34. The molecule has 0 spiro atoms. The Morgan fingerprint density at radius 3 is 2.41 bits per heavy atom. The molecule has 2 aromatic carbocycles. The van der Waals surface area contributed by atoms with E-state index in [1.807, 2.05) is 24.3 Å². The number of ether oxygens (including phenoxy) is 2. The Bertz CT molecular complexity index is 950. The highest BCUT2D eigenvalue weighted by atomic mass is 35.5. The second kappa shape index (κ2) is 10.4. The van der Waals surface area contributed by atoms with Gasteiger partial charge in [-0.15, -0.1) is 0 Å². The van der Waals surface area contributed by atoms with Gasteiger partial charge in [0.25, 0.3) is 0 Å². The molecule has 0 unspecified atom stereocenters. The van der Waals surface area contributed by atoms with Crippen molar-refractivity contribution in [3.8, 4) is 11.5 Å². The zero-order valence-electron chi connectivity index (χ0n) is 16.6. The van der Waals surface area contributed by atoms with Crippen LogP contribution in [0.3, 0.4) is 0 Å². The van der Waals surface area contributed by atoms with E-state index in [1.165, 1.54) is 13.2 Å². The van der Waals surface area contributed by atoms with Crippen LogP contribution >= 0.6 is 11.6 Å². The van der Waals surface area contributed by atoms with Gasteiger partial charge in [0.15, 0.2) is 0 Å². The second-order valence-corrected chi connectivity index (χ2v) is 8.67. The normalized spacial score (nSPS) is 11.0. The number of sulfonamides is 1. The molecular weight excluding hydrogens is 416 g/mol. The first-order valence-electron chi connectivity index (χ1n) is 8.96. The average Bonchev–Trinajstić information content (AvgIpc) is 2.68. The van der Waals surface area contributed by atoms with Crippen LogP contribution < -0.4 is 19.1 Å². The first-order chi connectivity index (χ1) is 13.8. The van der Waals surface area contributed by atoms with Crippen LogP contribution in [0, 0.1) is 0 Å². The number of benzene rings is 2. The summed E-state index contributed by atoms with van der Waals surface area (Å²) in [6.45, 7) is 0.0774. The summed E-state index contributed by atoms with van der Waals surface area (Å²) in [5, 5.41) is 3.02. The summed E-state index contributed by atoms with van der Waals surface area (Å²) >= 11 is 6.09. The molecule has 0 atom stereocenters. The van der Waals surface area contributed by atoms with Crippen LogP contribution in [0.4, 0.5) is 5.69 Å². The standard InChI is InChI=1S/C20H25ClN2O5S/c1-27-18-9-5-4-7-15(18)8-6-12-22-20(24)14-23(29(3,25)26)16-10-11-19(28-2)17(21)13-16/h4-5,7,9-11,13H,6,8,12,14H2,1-3H3,(H,22,24). The molecule has 0 aliphatic heterocycles. The highest BCUT2D eigenvalue weighted by Gasteiger charge is 2.21. The van der Waals surface area contributed by atoms with Crippen molar-refractivity contribution in [3.05, 3.63) is 53.1 Å². The molecule has 158 valence electrons. The molecule has 0 bridgehead atoms. The van der Waals surface area contributed by atoms with Gasteiger partial charge in [-0.25, -0.2) is 8.42 Å². The Hall–Kier alpha value is -2.45. The lowest BCUT2D eigenvalue weighted by Crippen LogP contribution is -2.40. The fraction of sp³-hybridized carbons (Fsp3) is 0.350. The van der Waals surface area contributed by atoms with E-state index in [2.05, 4.69) is 5.32 Å². The first kappa shape index (κ1) is 22.8. The van der Waals surface area contributed by atoms with Crippen LogP contribution in [0.5, 0.6) is 11.5 Å². The van der Waals surface area contributed by atoms with Crippen LogP contribution in [0.25, 0.3) is 0 Å². The van der Waals surface area contributed by atoms with Crippen molar-refractivity contribution >= 4 is 33.2 Å². The van der Waals surface area contributed by atoms with Gasteiger partial charge in [0.1, 0.15) is 18.0 Å². The van der Waals surface area contributed by atoms with Gasteiger partial charge in [-0.3, -0.25) is 9.10 Å². The lowest BCUT2D eigenvalue weighted by molar-refractivity contribution is -0.119. The number of nitrogens with one attached hydrogen (secondary N) is 1. The predicted molar refractivity (Wildman–Crippen MR) is 115 cm³/mol. The number of para-hydroxylation sites is 1. The molecular formula is C20H25ClN2O5S. The lowest BCUT2D eigenvalue weighted by Gasteiger charge is -2.22. The minimum absolute atomic E-state index is 0.260. The van der Waals surface area contributed by atoms with E-state index in [4.69, 9.17) is 21.1 Å². The molecule has 7 nitrogen and oxygen atoms in total. The Kier molecular flexibility index (Phi) is 8.16. The van der Waals surface area contributed by atoms with Crippen LogP contribution in [-0.4, -0.2) is 47.9 Å². The third kappa shape index (κ3) is 6.54. The monoisotopic (exact) mass is 440 g/mol. The molecule has 2 aromatic rings. The number of amides is 1. The zero-order chi connectivity index (χ0) is 21.4. The van der Waals surface area contributed by atoms with Crippen molar-refractivity contribution in [2.24, 2.45) is 0 Å². The molecule has 0 saturated carbocycles. The number of methoxy groups -OCH3 is 2. The third-order valence-corrected chi connectivity index (χ3v) is 5.68. The number of carbonyl (C=O) groups is 1. The minimum Gasteiger partial charge on any atom is -0.496 e. The van der Waals surface area contributed by atoms with Crippen molar-refractivity contribution in [1.82, 2.24) is 5.32 Å². The average molecular weight is 441 g/mol. The van der Waals surface area contributed by atoms with E-state index in [0.29, 0.717) is 24.4 Å². The van der Waals surface area contributed by atoms with Crippen LogP contribution in [0.15, 0.2) is 42.5 Å². The van der Waals surface area contributed by atoms with E-state index in [-0.39, 0.29) is 11.6 Å². The molecule has 0 fully saturated rings. The van der Waals surface area contributed by atoms with Gasteiger partial charge in [0.2, 0.25) is 15.9 Å². The molecule has 0 heterocycles. The number of anilines is 1. The molecule has 0 aliphatic carbocycles. The number of halogens is 1. The van der Waals surface area contributed by atoms with Crippen LogP contribution in [0.2, 0.25) is 5.02 Å². The number of aryl methyl sites for hydroxylation is 1. The van der Waals surface area contributed by atoms with Crippen molar-refractivity contribution in [2.45, 2.75) is 12.8 Å². The predicted octanol–water partition coefficient (Wildman–Crippen LogP) is 2.87. The largest absolute Gasteiger partial charge is 0.496 e. The molecule has 1 amide bonds. The fourth-order valence-corrected chi connectivity index (χ4v) is 3.91. The zero-order valence-corrected chi connectivity index (χ0v) is 18.2. The summed E-state index contributed by atoms with van der Waals surface area (Å²) in [4.78, 5) is 12.3. The molecule has 0 aliphatic rings. The summed E-state index contributed by atoms with van der Waals surface area (Å²) in [7, 11) is -0.593. The van der Waals surface area contributed by atoms with Gasteiger partial charge in [0, 0.05) is 6.54 Å². The topological polar surface area (TPSA) is 84.9 Å². The summed E-state index contributed by atoms with van der Waals surface area (Å²) in [5.74, 6) is 0.825. The SMILES string of the molecule is COc1ccc(N(CC(=O)NCCCc2ccccc2OC)S(C)(=O)=O)cc1Cl. The molecule has 0 radical (unpaired) electrons. The minimum atomic E-state index is -3.68.